The molecule has 1 atom stereocenters. The van der Waals surface area contributed by atoms with Gasteiger partial charge in [-0.05, 0) is 43.0 Å². The largest absolute Gasteiger partial charge is 0.493 e. The second-order valence-electron chi connectivity index (χ2n) is 6.16. The van der Waals surface area contributed by atoms with Crippen molar-refractivity contribution < 1.29 is 28.9 Å². The average Bonchev–Trinajstić information content (AvgIpc) is 2.63. The predicted octanol–water partition coefficient (Wildman–Crippen LogP) is 2.42. The zero-order chi connectivity index (χ0) is 19.1. The van der Waals surface area contributed by atoms with Gasteiger partial charge in [-0.15, -0.1) is 0 Å². The SMILES string of the molecule is CCOCCCC(=O)N1CCc2cc(OC)c(OC)cc2C1CC(=O)O. The Labute approximate surface area is 153 Å². The van der Waals surface area contributed by atoms with Crippen molar-refractivity contribution in [1.82, 2.24) is 4.90 Å². The van der Waals surface area contributed by atoms with Gasteiger partial charge in [0.25, 0.3) is 0 Å². The van der Waals surface area contributed by atoms with E-state index >= 15 is 0 Å². The molecule has 1 aliphatic rings. The average molecular weight is 365 g/mol. The first-order valence-electron chi connectivity index (χ1n) is 8.85. The maximum Gasteiger partial charge on any atom is 0.305 e. The van der Waals surface area contributed by atoms with Crippen molar-refractivity contribution >= 4 is 11.9 Å². The van der Waals surface area contributed by atoms with Crippen molar-refractivity contribution in [2.45, 2.75) is 38.6 Å². The molecule has 1 amide bonds. The lowest BCUT2D eigenvalue weighted by atomic mass is 9.89. The van der Waals surface area contributed by atoms with Gasteiger partial charge in [0.05, 0.1) is 26.7 Å². The van der Waals surface area contributed by atoms with Gasteiger partial charge >= 0.3 is 5.97 Å². The third kappa shape index (κ3) is 4.66. The molecule has 2 rings (SSSR count). The van der Waals surface area contributed by atoms with Crippen LogP contribution in [0.25, 0.3) is 0 Å². The zero-order valence-electron chi connectivity index (χ0n) is 15.6. The molecule has 1 N–H and O–H groups in total. The first-order chi connectivity index (χ1) is 12.5. The number of carboxylic acids is 1. The van der Waals surface area contributed by atoms with Crippen LogP contribution in [0.2, 0.25) is 0 Å². The molecule has 1 aromatic rings. The van der Waals surface area contributed by atoms with Crippen LogP contribution in [0.15, 0.2) is 12.1 Å². The Bertz CT molecular complexity index is 645. The molecular weight excluding hydrogens is 338 g/mol. The Morgan fingerprint density at radius 2 is 1.92 bits per heavy atom. The molecule has 1 heterocycles. The summed E-state index contributed by atoms with van der Waals surface area (Å²) >= 11 is 0. The highest BCUT2D eigenvalue weighted by Crippen LogP contribution is 2.39. The van der Waals surface area contributed by atoms with Crippen LogP contribution in [-0.2, 0) is 20.7 Å². The van der Waals surface area contributed by atoms with Gasteiger partial charge in [-0.2, -0.15) is 0 Å². The third-order valence-electron chi connectivity index (χ3n) is 4.57. The van der Waals surface area contributed by atoms with Crippen molar-refractivity contribution in [1.29, 1.82) is 0 Å². The van der Waals surface area contributed by atoms with E-state index in [2.05, 4.69) is 0 Å². The molecule has 0 bridgehead atoms. The fourth-order valence-corrected chi connectivity index (χ4v) is 3.33. The van der Waals surface area contributed by atoms with Gasteiger partial charge in [-0.3, -0.25) is 9.59 Å². The van der Waals surface area contributed by atoms with Crippen LogP contribution in [0.5, 0.6) is 11.5 Å². The molecule has 0 radical (unpaired) electrons. The number of nitrogens with zero attached hydrogens (tertiary/aromatic N) is 1. The number of fused-ring (bicyclic) bond motifs is 1. The predicted molar refractivity (Wildman–Crippen MR) is 95.7 cm³/mol. The molecule has 0 fully saturated rings. The van der Waals surface area contributed by atoms with E-state index in [9.17, 15) is 14.7 Å². The lowest BCUT2D eigenvalue weighted by molar-refractivity contribution is -0.141. The minimum absolute atomic E-state index is 0.0450. The van der Waals surface area contributed by atoms with Gasteiger partial charge in [0.2, 0.25) is 5.91 Å². The second-order valence-corrected chi connectivity index (χ2v) is 6.16. The normalized spacial score (nSPS) is 16.1. The highest BCUT2D eigenvalue weighted by atomic mass is 16.5. The van der Waals surface area contributed by atoms with Crippen molar-refractivity contribution in [3.8, 4) is 11.5 Å². The summed E-state index contributed by atoms with van der Waals surface area (Å²) < 4.78 is 16.0. The van der Waals surface area contributed by atoms with Crippen LogP contribution < -0.4 is 9.47 Å². The molecule has 0 aromatic heterocycles. The number of benzene rings is 1. The van der Waals surface area contributed by atoms with Gasteiger partial charge in [0.15, 0.2) is 11.5 Å². The van der Waals surface area contributed by atoms with E-state index in [-0.39, 0.29) is 12.3 Å². The number of ether oxygens (including phenoxy) is 3. The van der Waals surface area contributed by atoms with Crippen molar-refractivity contribution in [3.63, 3.8) is 0 Å². The molecule has 26 heavy (non-hydrogen) atoms. The number of hydrogen-bond acceptors (Lipinski definition) is 5. The fraction of sp³-hybridized carbons (Fsp3) is 0.579. The molecular formula is C19H27NO6. The quantitative estimate of drug-likeness (QED) is 0.677. The molecule has 1 aromatic carbocycles. The molecule has 0 spiro atoms. The lowest BCUT2D eigenvalue weighted by Gasteiger charge is -2.37. The Morgan fingerprint density at radius 3 is 2.54 bits per heavy atom. The Kier molecular flexibility index (Phi) is 7.26. The molecule has 0 aliphatic carbocycles. The van der Waals surface area contributed by atoms with Crippen LogP contribution in [-0.4, -0.2) is 55.9 Å². The molecule has 1 unspecified atom stereocenters. The summed E-state index contributed by atoms with van der Waals surface area (Å²) in [5.74, 6) is 0.158. The monoisotopic (exact) mass is 365 g/mol. The minimum atomic E-state index is -0.940. The number of aliphatic carboxylic acids is 1. The van der Waals surface area contributed by atoms with E-state index in [1.165, 1.54) is 7.11 Å². The first-order valence-corrected chi connectivity index (χ1v) is 8.85. The summed E-state index contributed by atoms with van der Waals surface area (Å²) in [5.41, 5.74) is 1.81. The number of methoxy groups -OCH3 is 2. The number of rotatable bonds is 9. The lowest BCUT2D eigenvalue weighted by Crippen LogP contribution is -2.41. The van der Waals surface area contributed by atoms with Gasteiger partial charge in [0, 0.05) is 26.2 Å². The van der Waals surface area contributed by atoms with Crippen molar-refractivity contribution in [3.05, 3.63) is 23.3 Å². The topological polar surface area (TPSA) is 85.3 Å². The summed E-state index contributed by atoms with van der Waals surface area (Å²) in [6.45, 7) is 3.55. The van der Waals surface area contributed by atoms with Gasteiger partial charge in [0.1, 0.15) is 0 Å². The molecule has 7 heteroatoms. The number of hydrogen-bond donors (Lipinski definition) is 1. The Morgan fingerprint density at radius 1 is 1.23 bits per heavy atom. The molecule has 0 saturated heterocycles. The number of carboxylic acid groups (broad SMARTS) is 1. The van der Waals surface area contributed by atoms with Gasteiger partial charge < -0.3 is 24.2 Å². The van der Waals surface area contributed by atoms with Crippen LogP contribution in [0.3, 0.4) is 0 Å². The molecule has 0 saturated carbocycles. The fourth-order valence-electron chi connectivity index (χ4n) is 3.33. The summed E-state index contributed by atoms with van der Waals surface area (Å²) in [4.78, 5) is 25.7. The van der Waals surface area contributed by atoms with Gasteiger partial charge in [-0.25, -0.2) is 0 Å². The number of amides is 1. The van der Waals surface area contributed by atoms with Gasteiger partial charge in [-0.1, -0.05) is 0 Å². The standard InChI is InChI=1S/C19H27NO6/c1-4-26-9-5-6-18(21)20-8-7-13-10-16(24-2)17(25-3)11-14(13)15(20)12-19(22)23/h10-11,15H,4-9,12H2,1-3H3,(H,22,23). The molecule has 144 valence electrons. The second kappa shape index (κ2) is 9.43. The van der Waals surface area contributed by atoms with Crippen LogP contribution in [0.1, 0.15) is 43.4 Å². The van der Waals surface area contributed by atoms with E-state index in [1.807, 2.05) is 13.0 Å². The summed E-state index contributed by atoms with van der Waals surface area (Å²) in [6, 6.07) is 3.16. The van der Waals surface area contributed by atoms with Crippen LogP contribution in [0.4, 0.5) is 0 Å². The third-order valence-corrected chi connectivity index (χ3v) is 4.57. The zero-order valence-corrected chi connectivity index (χ0v) is 15.6. The smallest absolute Gasteiger partial charge is 0.305 e. The highest BCUT2D eigenvalue weighted by Gasteiger charge is 2.33. The molecule has 7 nitrogen and oxygen atoms in total. The summed E-state index contributed by atoms with van der Waals surface area (Å²) in [6.07, 6.45) is 1.49. The summed E-state index contributed by atoms with van der Waals surface area (Å²) in [5, 5.41) is 9.35. The van der Waals surface area contributed by atoms with Crippen LogP contribution >= 0.6 is 0 Å². The van der Waals surface area contributed by atoms with E-state index < -0.39 is 12.0 Å². The van der Waals surface area contributed by atoms with E-state index in [0.29, 0.717) is 50.5 Å². The first kappa shape index (κ1) is 20.0. The van der Waals surface area contributed by atoms with E-state index in [4.69, 9.17) is 14.2 Å². The Hall–Kier alpha value is -2.28. The Balaban J connectivity index is 2.27. The molecule has 1 aliphatic heterocycles. The number of carbonyl (C=O) groups is 2. The van der Waals surface area contributed by atoms with E-state index in [1.54, 1.807) is 18.1 Å². The maximum atomic E-state index is 12.7. The number of carbonyl (C=O) groups excluding carboxylic acids is 1. The summed E-state index contributed by atoms with van der Waals surface area (Å²) in [7, 11) is 3.10. The van der Waals surface area contributed by atoms with Crippen LogP contribution in [0, 0.1) is 0 Å². The van der Waals surface area contributed by atoms with Crippen molar-refractivity contribution in [2.24, 2.45) is 0 Å². The highest BCUT2D eigenvalue weighted by molar-refractivity contribution is 5.78. The van der Waals surface area contributed by atoms with E-state index in [0.717, 1.165) is 11.1 Å². The van der Waals surface area contributed by atoms with Crippen molar-refractivity contribution in [2.75, 3.05) is 34.0 Å². The minimum Gasteiger partial charge on any atom is -0.493 e. The maximum absolute atomic E-state index is 12.7.